The first kappa shape index (κ1) is 13.5. The highest BCUT2D eigenvalue weighted by molar-refractivity contribution is 9.10. The maximum absolute atomic E-state index is 12.0. The molecule has 1 amide bonds. The summed E-state index contributed by atoms with van der Waals surface area (Å²) in [6.45, 7) is 5.71. The predicted molar refractivity (Wildman–Crippen MR) is 78.3 cm³/mol. The Labute approximate surface area is 123 Å². The summed E-state index contributed by atoms with van der Waals surface area (Å²) in [6, 6.07) is 0.290. The van der Waals surface area contributed by atoms with Gasteiger partial charge in [0.1, 0.15) is 5.60 Å². The van der Waals surface area contributed by atoms with Gasteiger partial charge in [-0.15, -0.1) is 0 Å². The summed E-state index contributed by atoms with van der Waals surface area (Å²) in [5, 5.41) is 3.13. The van der Waals surface area contributed by atoms with Crippen LogP contribution in [0.1, 0.15) is 46.5 Å². The molecule has 3 nitrogen and oxygen atoms in total. The average molecular weight is 328 g/mol. The summed E-state index contributed by atoms with van der Waals surface area (Å²) in [5.41, 5.74) is 1.15. The molecule has 4 rings (SSSR count). The minimum Gasteiger partial charge on any atom is -0.444 e. The Morgan fingerprint density at radius 3 is 2.42 bits per heavy atom. The highest BCUT2D eigenvalue weighted by Crippen LogP contribution is 2.55. The van der Waals surface area contributed by atoms with Gasteiger partial charge in [0.15, 0.2) is 0 Å². The van der Waals surface area contributed by atoms with Gasteiger partial charge in [-0.25, -0.2) is 4.79 Å². The summed E-state index contributed by atoms with van der Waals surface area (Å²) in [4.78, 5) is 12.0. The Kier molecular flexibility index (Phi) is 3.01. The molecule has 2 saturated carbocycles. The molecule has 0 spiro atoms. The Morgan fingerprint density at radius 2 is 1.95 bits per heavy atom. The fraction of sp³-hybridized carbons (Fsp3) is 0.800. The molecular weight excluding hydrogens is 306 g/mol. The summed E-state index contributed by atoms with van der Waals surface area (Å²) in [7, 11) is 0. The van der Waals surface area contributed by atoms with E-state index in [0.717, 1.165) is 25.7 Å². The van der Waals surface area contributed by atoms with E-state index in [-0.39, 0.29) is 16.5 Å². The number of rotatable bonds is 1. The van der Waals surface area contributed by atoms with Gasteiger partial charge in [-0.2, -0.15) is 0 Å². The summed E-state index contributed by atoms with van der Waals surface area (Å²) in [6.07, 6.45) is 6.71. The first-order chi connectivity index (χ1) is 8.74. The van der Waals surface area contributed by atoms with Crippen molar-refractivity contribution >= 4 is 22.0 Å². The van der Waals surface area contributed by atoms with Crippen LogP contribution in [0, 0.1) is 11.8 Å². The van der Waals surface area contributed by atoms with Crippen LogP contribution in [0.5, 0.6) is 0 Å². The molecule has 0 heterocycles. The van der Waals surface area contributed by atoms with Crippen LogP contribution in [0.2, 0.25) is 0 Å². The highest BCUT2D eigenvalue weighted by Gasteiger charge is 2.51. The Balaban J connectivity index is 1.68. The number of alkyl carbamates (subject to hydrolysis) is 1. The van der Waals surface area contributed by atoms with Crippen molar-refractivity contribution in [1.29, 1.82) is 0 Å². The van der Waals surface area contributed by atoms with E-state index in [2.05, 4.69) is 27.3 Å². The molecule has 4 heteroatoms. The third-order valence-corrected chi connectivity index (χ3v) is 5.29. The molecule has 4 bridgehead atoms. The fourth-order valence-corrected chi connectivity index (χ4v) is 5.19. The summed E-state index contributed by atoms with van der Waals surface area (Å²) in [5.74, 6) is 1.14. The van der Waals surface area contributed by atoms with E-state index in [9.17, 15) is 4.79 Å². The van der Waals surface area contributed by atoms with Gasteiger partial charge in [0.2, 0.25) is 0 Å². The second-order valence-electron chi connectivity index (χ2n) is 7.35. The lowest BCUT2D eigenvalue weighted by molar-refractivity contribution is 0.0381. The van der Waals surface area contributed by atoms with Crippen LogP contribution in [0.4, 0.5) is 4.79 Å². The van der Waals surface area contributed by atoms with Crippen molar-refractivity contribution in [2.45, 2.75) is 62.4 Å². The van der Waals surface area contributed by atoms with E-state index in [1.54, 1.807) is 5.57 Å². The smallest absolute Gasteiger partial charge is 0.407 e. The number of ether oxygens (including phenoxy) is 1. The lowest BCUT2D eigenvalue weighted by atomic mass is 9.58. The maximum atomic E-state index is 12.0. The number of amides is 1. The van der Waals surface area contributed by atoms with Gasteiger partial charge in [0.25, 0.3) is 0 Å². The van der Waals surface area contributed by atoms with Gasteiger partial charge in [-0.1, -0.05) is 27.6 Å². The second kappa shape index (κ2) is 4.24. The number of nitrogens with one attached hydrogen (secondary N) is 1. The molecule has 2 unspecified atom stereocenters. The highest BCUT2D eigenvalue weighted by atomic mass is 79.9. The summed E-state index contributed by atoms with van der Waals surface area (Å²) >= 11 is 3.88. The van der Waals surface area contributed by atoms with Crippen molar-refractivity contribution < 1.29 is 9.53 Å². The minimum atomic E-state index is -0.421. The van der Waals surface area contributed by atoms with Crippen LogP contribution < -0.4 is 5.32 Å². The molecule has 0 aliphatic heterocycles. The van der Waals surface area contributed by atoms with Crippen LogP contribution in [0.25, 0.3) is 0 Å². The van der Waals surface area contributed by atoms with Crippen molar-refractivity contribution in [2.24, 2.45) is 11.8 Å². The third-order valence-electron chi connectivity index (χ3n) is 4.41. The van der Waals surface area contributed by atoms with Gasteiger partial charge in [-0.05, 0) is 58.3 Å². The van der Waals surface area contributed by atoms with Gasteiger partial charge in [0.05, 0.1) is 0 Å². The SMILES string of the molecule is CC(C)(C)OC(=O)NC1[C@@H]2CC3=CC(Br)(C2)C[C@@H]1C3. The molecule has 0 aromatic rings. The predicted octanol–water partition coefficient (Wildman–Crippen LogP) is 3.77. The molecule has 2 fully saturated rings. The fourth-order valence-electron chi connectivity index (χ4n) is 4.03. The minimum absolute atomic E-state index is 0.209. The molecular formula is C15H22BrNO2. The molecule has 4 aliphatic carbocycles. The van der Waals surface area contributed by atoms with E-state index in [0.29, 0.717) is 11.8 Å². The van der Waals surface area contributed by atoms with Crippen LogP contribution in [0.15, 0.2) is 11.6 Å². The van der Waals surface area contributed by atoms with Gasteiger partial charge >= 0.3 is 6.09 Å². The zero-order chi connectivity index (χ0) is 13.8. The second-order valence-corrected chi connectivity index (χ2v) is 8.93. The largest absolute Gasteiger partial charge is 0.444 e. The number of alkyl halides is 1. The van der Waals surface area contributed by atoms with Crippen molar-refractivity contribution in [3.8, 4) is 0 Å². The van der Waals surface area contributed by atoms with Crippen LogP contribution in [-0.4, -0.2) is 22.1 Å². The lowest BCUT2D eigenvalue weighted by Crippen LogP contribution is -2.57. The molecule has 0 radical (unpaired) electrons. The first-order valence-corrected chi connectivity index (χ1v) is 7.92. The standard InChI is InChI=1S/C15H22BrNO2/c1-14(2,3)19-13(18)17-12-10-4-9-5-11(12)8-15(16,6-9)7-10/h6,10-12H,4-5,7-8H2,1-3H3,(H,17,18)/t10-,11+,12?,15?. The Hall–Kier alpha value is -0.510. The normalized spacial score (nSPS) is 40.0. The first-order valence-electron chi connectivity index (χ1n) is 7.13. The molecule has 0 saturated heterocycles. The van der Waals surface area contributed by atoms with Crippen molar-refractivity contribution in [2.75, 3.05) is 0 Å². The van der Waals surface area contributed by atoms with Gasteiger partial charge < -0.3 is 10.1 Å². The van der Waals surface area contributed by atoms with E-state index >= 15 is 0 Å². The van der Waals surface area contributed by atoms with E-state index in [4.69, 9.17) is 4.74 Å². The van der Waals surface area contributed by atoms with Crippen LogP contribution in [0.3, 0.4) is 0 Å². The van der Waals surface area contributed by atoms with E-state index < -0.39 is 5.60 Å². The summed E-state index contributed by atoms with van der Waals surface area (Å²) < 4.78 is 5.60. The average Bonchev–Trinajstić information content (AvgIpc) is 2.18. The molecule has 0 aromatic heterocycles. The van der Waals surface area contributed by atoms with Gasteiger partial charge in [0, 0.05) is 10.4 Å². The van der Waals surface area contributed by atoms with Crippen molar-refractivity contribution in [1.82, 2.24) is 5.32 Å². The van der Waals surface area contributed by atoms with E-state index in [1.807, 2.05) is 20.8 Å². The number of carbonyl (C=O) groups excluding carboxylic acids is 1. The zero-order valence-corrected chi connectivity index (χ0v) is 13.4. The van der Waals surface area contributed by atoms with Crippen molar-refractivity contribution in [3.05, 3.63) is 11.6 Å². The van der Waals surface area contributed by atoms with Crippen LogP contribution in [-0.2, 0) is 4.74 Å². The number of hydrogen-bond donors (Lipinski definition) is 1. The Bertz CT molecular complexity index is 420. The number of allylic oxidation sites excluding steroid dienone is 2. The molecule has 4 atom stereocenters. The van der Waals surface area contributed by atoms with Crippen LogP contribution >= 0.6 is 15.9 Å². The lowest BCUT2D eigenvalue weighted by Gasteiger charge is -2.53. The van der Waals surface area contributed by atoms with Crippen molar-refractivity contribution in [3.63, 3.8) is 0 Å². The molecule has 0 aromatic carbocycles. The molecule has 106 valence electrons. The van der Waals surface area contributed by atoms with Gasteiger partial charge in [-0.3, -0.25) is 0 Å². The van der Waals surface area contributed by atoms with E-state index in [1.165, 1.54) is 0 Å². The quantitative estimate of drug-likeness (QED) is 0.588. The third kappa shape index (κ3) is 2.69. The number of halogens is 1. The number of hydrogen-bond acceptors (Lipinski definition) is 2. The topological polar surface area (TPSA) is 38.3 Å². The zero-order valence-electron chi connectivity index (χ0n) is 11.8. The molecule has 1 N–H and O–H groups in total. The monoisotopic (exact) mass is 327 g/mol. The molecule has 4 aliphatic rings. The maximum Gasteiger partial charge on any atom is 0.407 e. The number of carbonyl (C=O) groups is 1. The molecule has 19 heavy (non-hydrogen) atoms. The Morgan fingerprint density at radius 1 is 1.37 bits per heavy atom.